The molecule has 2 aromatic rings. The van der Waals surface area contributed by atoms with Gasteiger partial charge in [-0.05, 0) is 55.9 Å². The zero-order valence-electron chi connectivity index (χ0n) is 23.3. The summed E-state index contributed by atoms with van der Waals surface area (Å²) >= 11 is 0. The van der Waals surface area contributed by atoms with Crippen molar-refractivity contribution in [3.05, 3.63) is 65.2 Å². The minimum absolute atomic E-state index is 0.111. The molecular formula is C29H42N4O4S. The van der Waals surface area contributed by atoms with Gasteiger partial charge in [0.1, 0.15) is 12.6 Å². The molecule has 9 heteroatoms. The number of carbonyl (C=O) groups is 2. The fourth-order valence-corrected chi connectivity index (χ4v) is 6.05. The summed E-state index contributed by atoms with van der Waals surface area (Å²) in [4.78, 5) is 29.0. The van der Waals surface area contributed by atoms with E-state index >= 15 is 0 Å². The van der Waals surface area contributed by atoms with E-state index < -0.39 is 28.7 Å². The van der Waals surface area contributed by atoms with Crippen LogP contribution in [0.2, 0.25) is 0 Å². The molecule has 1 atom stereocenters. The van der Waals surface area contributed by atoms with Crippen LogP contribution in [0.1, 0.15) is 62.1 Å². The SMILES string of the molecule is CC[C@@H](C(=O)NC1CCCCC1)N(Cc1ccccc1)C(=O)CN(c1cc(C)ccc1C)S(=O)(=O)N(C)C. The first-order chi connectivity index (χ1) is 18.0. The van der Waals surface area contributed by atoms with Crippen molar-refractivity contribution < 1.29 is 18.0 Å². The molecule has 0 bridgehead atoms. The van der Waals surface area contributed by atoms with E-state index in [0.717, 1.165) is 51.0 Å². The Bertz CT molecular complexity index is 1190. The molecule has 1 saturated carbocycles. The lowest BCUT2D eigenvalue weighted by Crippen LogP contribution is -2.54. The van der Waals surface area contributed by atoms with Gasteiger partial charge in [0.25, 0.3) is 0 Å². The Morgan fingerprint density at radius 3 is 2.26 bits per heavy atom. The van der Waals surface area contributed by atoms with E-state index in [1.807, 2.05) is 63.2 Å². The number of rotatable bonds is 11. The minimum atomic E-state index is -3.99. The average Bonchev–Trinajstić information content (AvgIpc) is 2.89. The second kappa shape index (κ2) is 13.2. The van der Waals surface area contributed by atoms with Gasteiger partial charge in [-0.15, -0.1) is 0 Å². The number of anilines is 1. The number of aryl methyl sites for hydroxylation is 2. The molecule has 0 radical (unpaired) electrons. The van der Waals surface area contributed by atoms with Crippen LogP contribution in [-0.2, 0) is 26.3 Å². The molecule has 208 valence electrons. The number of amides is 2. The molecule has 0 spiro atoms. The van der Waals surface area contributed by atoms with Crippen molar-refractivity contribution in [2.45, 2.75) is 77.9 Å². The standard InChI is InChI=1S/C29H42N4O4S/c1-6-26(29(35)30-25-15-11-8-12-16-25)32(20-24-13-9-7-10-14-24)28(34)21-33(38(36,37)31(4)5)27-19-22(2)17-18-23(27)3/h7,9-10,13-14,17-19,25-26H,6,8,11-12,15-16,20-21H2,1-5H3,(H,30,35)/t26-/m0/s1. The molecule has 2 aromatic carbocycles. The number of nitrogens with one attached hydrogen (secondary N) is 1. The van der Waals surface area contributed by atoms with E-state index in [1.165, 1.54) is 25.4 Å². The molecule has 3 rings (SSSR count). The van der Waals surface area contributed by atoms with E-state index in [2.05, 4.69) is 5.32 Å². The third kappa shape index (κ3) is 7.35. The smallest absolute Gasteiger partial charge is 0.304 e. The third-order valence-electron chi connectivity index (χ3n) is 7.19. The largest absolute Gasteiger partial charge is 0.352 e. The van der Waals surface area contributed by atoms with E-state index in [4.69, 9.17) is 0 Å². The molecule has 0 unspecified atom stereocenters. The summed E-state index contributed by atoms with van der Waals surface area (Å²) in [5, 5.41) is 3.17. The molecule has 1 aliphatic carbocycles. The van der Waals surface area contributed by atoms with Crippen LogP contribution >= 0.6 is 0 Å². The lowest BCUT2D eigenvalue weighted by Gasteiger charge is -2.35. The van der Waals surface area contributed by atoms with Gasteiger partial charge in [0.2, 0.25) is 11.8 Å². The van der Waals surface area contributed by atoms with Crippen molar-refractivity contribution in [3.63, 3.8) is 0 Å². The maximum Gasteiger partial charge on any atom is 0.304 e. The van der Waals surface area contributed by atoms with Gasteiger partial charge in [0, 0.05) is 26.7 Å². The number of benzene rings is 2. The lowest BCUT2D eigenvalue weighted by molar-refractivity contribution is -0.140. The topological polar surface area (TPSA) is 90.0 Å². The highest BCUT2D eigenvalue weighted by Crippen LogP contribution is 2.26. The van der Waals surface area contributed by atoms with Crippen LogP contribution in [0.5, 0.6) is 0 Å². The Balaban J connectivity index is 1.97. The Hall–Kier alpha value is -2.91. The van der Waals surface area contributed by atoms with Gasteiger partial charge in [0.05, 0.1) is 5.69 Å². The number of hydrogen-bond acceptors (Lipinski definition) is 4. The van der Waals surface area contributed by atoms with Gasteiger partial charge in [0.15, 0.2) is 0 Å². The molecule has 1 fully saturated rings. The molecule has 1 aliphatic rings. The highest BCUT2D eigenvalue weighted by Gasteiger charge is 2.35. The maximum atomic E-state index is 14.0. The second-order valence-electron chi connectivity index (χ2n) is 10.4. The van der Waals surface area contributed by atoms with Crippen LogP contribution in [0.25, 0.3) is 0 Å². The lowest BCUT2D eigenvalue weighted by atomic mass is 9.95. The first-order valence-electron chi connectivity index (χ1n) is 13.5. The summed E-state index contributed by atoms with van der Waals surface area (Å²) in [5.41, 5.74) is 2.95. The highest BCUT2D eigenvalue weighted by atomic mass is 32.2. The zero-order valence-corrected chi connectivity index (χ0v) is 24.1. The molecule has 8 nitrogen and oxygen atoms in total. The Morgan fingerprint density at radius 2 is 1.66 bits per heavy atom. The number of nitrogens with zero attached hydrogens (tertiary/aromatic N) is 3. The Kier molecular flexibility index (Phi) is 10.3. The van der Waals surface area contributed by atoms with Crippen molar-refractivity contribution in [3.8, 4) is 0 Å². The van der Waals surface area contributed by atoms with Gasteiger partial charge in [-0.25, -0.2) is 4.31 Å². The van der Waals surface area contributed by atoms with E-state index in [0.29, 0.717) is 12.1 Å². The Morgan fingerprint density at radius 1 is 1.00 bits per heavy atom. The van der Waals surface area contributed by atoms with E-state index in [1.54, 1.807) is 6.07 Å². The molecular weight excluding hydrogens is 500 g/mol. The van der Waals surface area contributed by atoms with Crippen LogP contribution in [-0.4, -0.2) is 62.2 Å². The van der Waals surface area contributed by atoms with Crippen molar-refractivity contribution in [1.82, 2.24) is 14.5 Å². The van der Waals surface area contributed by atoms with Crippen LogP contribution in [0.3, 0.4) is 0 Å². The van der Waals surface area contributed by atoms with Gasteiger partial charge < -0.3 is 10.2 Å². The fraction of sp³-hybridized carbons (Fsp3) is 0.517. The van der Waals surface area contributed by atoms with Crippen LogP contribution < -0.4 is 9.62 Å². The number of carbonyl (C=O) groups excluding carboxylic acids is 2. The molecule has 1 N–H and O–H groups in total. The van der Waals surface area contributed by atoms with Crippen LogP contribution in [0.15, 0.2) is 48.5 Å². The predicted molar refractivity (Wildman–Crippen MR) is 152 cm³/mol. The average molecular weight is 543 g/mol. The summed E-state index contributed by atoms with van der Waals surface area (Å²) < 4.78 is 29.2. The molecule has 0 aliphatic heterocycles. The fourth-order valence-electron chi connectivity index (χ4n) is 4.93. The molecule has 0 heterocycles. The van der Waals surface area contributed by atoms with Crippen molar-refractivity contribution >= 4 is 27.7 Å². The highest BCUT2D eigenvalue weighted by molar-refractivity contribution is 7.90. The second-order valence-corrected chi connectivity index (χ2v) is 12.4. The van der Waals surface area contributed by atoms with Gasteiger partial charge in [-0.2, -0.15) is 12.7 Å². The van der Waals surface area contributed by atoms with Crippen LogP contribution in [0, 0.1) is 13.8 Å². The summed E-state index contributed by atoms with van der Waals surface area (Å²) in [6.45, 7) is 5.39. The van der Waals surface area contributed by atoms with Crippen molar-refractivity contribution in [1.29, 1.82) is 0 Å². The quantitative estimate of drug-likeness (QED) is 0.462. The summed E-state index contributed by atoms with van der Waals surface area (Å²) in [6.07, 6.45) is 5.65. The molecule has 2 amide bonds. The summed E-state index contributed by atoms with van der Waals surface area (Å²) in [5.74, 6) is -0.608. The number of hydrogen-bond donors (Lipinski definition) is 1. The first-order valence-corrected chi connectivity index (χ1v) is 14.9. The van der Waals surface area contributed by atoms with Gasteiger partial charge in [-0.3, -0.25) is 9.59 Å². The van der Waals surface area contributed by atoms with Crippen LogP contribution in [0.4, 0.5) is 5.69 Å². The molecule has 0 saturated heterocycles. The maximum absolute atomic E-state index is 14.0. The third-order valence-corrected chi connectivity index (χ3v) is 8.99. The predicted octanol–water partition coefficient (Wildman–Crippen LogP) is 4.17. The zero-order chi connectivity index (χ0) is 27.9. The van der Waals surface area contributed by atoms with Crippen molar-refractivity contribution in [2.24, 2.45) is 0 Å². The van der Waals surface area contributed by atoms with E-state index in [-0.39, 0.29) is 18.5 Å². The van der Waals surface area contributed by atoms with Gasteiger partial charge >= 0.3 is 10.2 Å². The minimum Gasteiger partial charge on any atom is -0.352 e. The monoisotopic (exact) mass is 542 g/mol. The molecule has 0 aromatic heterocycles. The summed E-state index contributed by atoms with van der Waals surface area (Å²) in [6, 6.07) is 14.4. The Labute approximate surface area is 228 Å². The summed E-state index contributed by atoms with van der Waals surface area (Å²) in [7, 11) is -1.09. The molecule has 38 heavy (non-hydrogen) atoms. The van der Waals surface area contributed by atoms with E-state index in [9.17, 15) is 18.0 Å². The normalized spacial score (nSPS) is 15.2. The van der Waals surface area contributed by atoms with Gasteiger partial charge in [-0.1, -0.05) is 68.7 Å². The van der Waals surface area contributed by atoms with Crippen molar-refractivity contribution in [2.75, 3.05) is 24.9 Å². The first kappa shape index (κ1) is 29.6.